The number of hydrogen-bond donors (Lipinski definition) is 0. The zero-order chi connectivity index (χ0) is 21.6. The van der Waals surface area contributed by atoms with Crippen LogP contribution in [0.2, 0.25) is 0 Å². The summed E-state index contributed by atoms with van der Waals surface area (Å²) in [7, 11) is 0. The molecule has 1 saturated heterocycles. The molecular formula is C23H20N2O6. The van der Waals surface area contributed by atoms with E-state index in [0.717, 1.165) is 0 Å². The van der Waals surface area contributed by atoms with Gasteiger partial charge in [-0.05, 0) is 30.3 Å². The van der Waals surface area contributed by atoms with Crippen molar-refractivity contribution < 1.29 is 24.0 Å². The Labute approximate surface area is 178 Å². The second-order valence-corrected chi connectivity index (χ2v) is 6.87. The summed E-state index contributed by atoms with van der Waals surface area (Å²) in [5, 5.41) is 12.7. The van der Waals surface area contributed by atoms with E-state index in [1.54, 1.807) is 42.5 Å². The fourth-order valence-corrected chi connectivity index (χ4v) is 3.22. The van der Waals surface area contributed by atoms with E-state index >= 15 is 0 Å². The van der Waals surface area contributed by atoms with Crippen LogP contribution < -0.4 is 4.74 Å². The largest absolute Gasteiger partial charge is 0.491 e. The summed E-state index contributed by atoms with van der Waals surface area (Å²) in [5.74, 6) is 0.290. The molecule has 0 unspecified atom stereocenters. The lowest BCUT2D eigenvalue weighted by Crippen LogP contribution is -2.47. The number of para-hydroxylation sites is 2. The molecule has 1 fully saturated rings. The second kappa shape index (κ2) is 9.38. The number of hydroxylamine groups is 2. The summed E-state index contributed by atoms with van der Waals surface area (Å²) < 4.78 is 11.7. The maximum atomic E-state index is 13.0. The fourth-order valence-electron chi connectivity index (χ4n) is 3.22. The first-order valence-electron chi connectivity index (χ1n) is 9.72. The Morgan fingerprint density at radius 3 is 2.35 bits per heavy atom. The molecule has 3 aromatic carbocycles. The van der Waals surface area contributed by atoms with Crippen molar-refractivity contribution in [2.45, 2.75) is 12.4 Å². The molecular weight excluding hydrogens is 400 g/mol. The minimum atomic E-state index is -1.13. The standard InChI is InChI=1S/C23H20N2O6/c26-22(17-9-3-1-4-10-17)24-15-19(16-29-18-11-5-2-6-12-18)30-23(31-24)20-13-7-8-14-21(20)25(27)28/h1-14,19,23H,15-16H2/t19-,23+/m1/s1. The highest BCUT2D eigenvalue weighted by Crippen LogP contribution is 2.33. The number of hydrogen-bond acceptors (Lipinski definition) is 6. The average molecular weight is 420 g/mol. The summed E-state index contributed by atoms with van der Waals surface area (Å²) >= 11 is 0. The van der Waals surface area contributed by atoms with Crippen LogP contribution in [0.5, 0.6) is 5.75 Å². The van der Waals surface area contributed by atoms with E-state index in [-0.39, 0.29) is 30.3 Å². The van der Waals surface area contributed by atoms with Gasteiger partial charge in [0, 0.05) is 11.6 Å². The van der Waals surface area contributed by atoms with E-state index in [1.165, 1.54) is 11.1 Å². The Bertz CT molecular complexity index is 1040. The smallest absolute Gasteiger partial charge is 0.277 e. The summed E-state index contributed by atoms with van der Waals surface area (Å²) in [6, 6.07) is 24.0. The first-order valence-corrected chi connectivity index (χ1v) is 9.72. The first kappa shape index (κ1) is 20.5. The molecule has 0 bridgehead atoms. The van der Waals surface area contributed by atoms with Crippen LogP contribution in [0.4, 0.5) is 5.69 Å². The molecule has 8 nitrogen and oxygen atoms in total. The number of rotatable bonds is 6. The zero-order valence-electron chi connectivity index (χ0n) is 16.5. The van der Waals surface area contributed by atoms with Gasteiger partial charge in [-0.15, -0.1) is 0 Å². The summed E-state index contributed by atoms with van der Waals surface area (Å²) in [6.45, 7) is 0.251. The quantitative estimate of drug-likeness (QED) is 0.440. The van der Waals surface area contributed by atoms with E-state index in [2.05, 4.69) is 0 Å². The highest BCUT2D eigenvalue weighted by molar-refractivity contribution is 5.93. The second-order valence-electron chi connectivity index (χ2n) is 6.87. The maximum Gasteiger partial charge on any atom is 0.277 e. The zero-order valence-corrected chi connectivity index (χ0v) is 16.5. The Balaban J connectivity index is 1.59. The molecule has 3 aromatic rings. The van der Waals surface area contributed by atoms with Gasteiger partial charge < -0.3 is 9.47 Å². The third kappa shape index (κ3) is 4.88. The van der Waals surface area contributed by atoms with Crippen molar-refractivity contribution in [2.75, 3.05) is 13.2 Å². The minimum Gasteiger partial charge on any atom is -0.491 e. The van der Waals surface area contributed by atoms with Gasteiger partial charge in [-0.25, -0.2) is 9.90 Å². The van der Waals surface area contributed by atoms with Crippen molar-refractivity contribution in [1.82, 2.24) is 5.06 Å². The number of nitro groups is 1. The van der Waals surface area contributed by atoms with Crippen LogP contribution in [0.1, 0.15) is 22.2 Å². The predicted octanol–water partition coefficient (Wildman–Crippen LogP) is 4.15. The van der Waals surface area contributed by atoms with Crippen molar-refractivity contribution >= 4 is 11.6 Å². The van der Waals surface area contributed by atoms with E-state index in [9.17, 15) is 14.9 Å². The lowest BCUT2D eigenvalue weighted by atomic mass is 10.1. The molecule has 0 aliphatic carbocycles. The normalized spacial score (nSPS) is 18.4. The lowest BCUT2D eigenvalue weighted by Gasteiger charge is -2.37. The average Bonchev–Trinajstić information content (AvgIpc) is 2.83. The van der Waals surface area contributed by atoms with Crippen molar-refractivity contribution in [3.8, 4) is 5.75 Å². The van der Waals surface area contributed by atoms with Crippen LogP contribution in [0.15, 0.2) is 84.9 Å². The van der Waals surface area contributed by atoms with Crippen LogP contribution in [-0.4, -0.2) is 35.1 Å². The monoisotopic (exact) mass is 420 g/mol. The molecule has 0 aromatic heterocycles. The van der Waals surface area contributed by atoms with Gasteiger partial charge in [0.2, 0.25) is 6.29 Å². The molecule has 1 aliphatic rings. The van der Waals surface area contributed by atoms with E-state index in [1.807, 2.05) is 36.4 Å². The summed E-state index contributed by atoms with van der Waals surface area (Å²) in [4.78, 5) is 29.7. The molecule has 0 spiro atoms. The Hall–Kier alpha value is -3.75. The van der Waals surface area contributed by atoms with Crippen LogP contribution in [-0.2, 0) is 9.57 Å². The highest BCUT2D eigenvalue weighted by atomic mass is 16.8. The summed E-state index contributed by atoms with van der Waals surface area (Å²) in [5.41, 5.74) is 0.514. The molecule has 1 heterocycles. The summed E-state index contributed by atoms with van der Waals surface area (Å²) in [6.07, 6.45) is -1.70. The number of nitrogens with zero attached hydrogens (tertiary/aromatic N) is 2. The van der Waals surface area contributed by atoms with Gasteiger partial charge in [-0.1, -0.05) is 48.5 Å². The predicted molar refractivity (Wildman–Crippen MR) is 111 cm³/mol. The fraction of sp³-hybridized carbons (Fsp3) is 0.174. The Morgan fingerprint density at radius 2 is 1.65 bits per heavy atom. The molecule has 0 saturated carbocycles. The topological polar surface area (TPSA) is 91.1 Å². The molecule has 31 heavy (non-hydrogen) atoms. The molecule has 0 radical (unpaired) electrons. The van der Waals surface area contributed by atoms with E-state index in [4.69, 9.17) is 14.3 Å². The number of benzene rings is 3. The molecule has 4 rings (SSSR count). The van der Waals surface area contributed by atoms with Crippen molar-refractivity contribution in [3.05, 3.63) is 106 Å². The van der Waals surface area contributed by atoms with Gasteiger partial charge >= 0.3 is 0 Å². The number of carbonyl (C=O) groups is 1. The van der Waals surface area contributed by atoms with E-state index < -0.39 is 17.3 Å². The van der Waals surface area contributed by atoms with Gasteiger partial charge in [-0.2, -0.15) is 0 Å². The Kier molecular flexibility index (Phi) is 6.21. The molecule has 1 amide bonds. The maximum absolute atomic E-state index is 13.0. The van der Waals surface area contributed by atoms with Crippen LogP contribution in [0, 0.1) is 10.1 Å². The molecule has 1 aliphatic heterocycles. The number of carbonyl (C=O) groups excluding carboxylic acids is 1. The number of ether oxygens (including phenoxy) is 2. The number of amides is 1. The van der Waals surface area contributed by atoms with Gasteiger partial charge in [0.15, 0.2) is 0 Å². The van der Waals surface area contributed by atoms with Crippen molar-refractivity contribution in [3.63, 3.8) is 0 Å². The van der Waals surface area contributed by atoms with Crippen molar-refractivity contribution in [2.24, 2.45) is 0 Å². The lowest BCUT2D eigenvalue weighted by molar-refractivity contribution is -0.390. The SMILES string of the molecule is O=C(c1ccccc1)N1C[C@H](COc2ccccc2)O[C@H](c2ccccc2[N+](=O)[O-])O1. The van der Waals surface area contributed by atoms with Crippen LogP contribution in [0.3, 0.4) is 0 Å². The van der Waals surface area contributed by atoms with Crippen LogP contribution in [0.25, 0.3) is 0 Å². The number of nitro benzene ring substituents is 1. The Morgan fingerprint density at radius 1 is 1.00 bits per heavy atom. The third-order valence-electron chi connectivity index (χ3n) is 4.72. The van der Waals surface area contributed by atoms with Gasteiger partial charge in [0.1, 0.15) is 18.5 Å². The highest BCUT2D eigenvalue weighted by Gasteiger charge is 2.36. The van der Waals surface area contributed by atoms with Gasteiger partial charge in [0.05, 0.1) is 17.0 Å². The molecule has 8 heteroatoms. The van der Waals surface area contributed by atoms with E-state index in [0.29, 0.717) is 11.3 Å². The van der Waals surface area contributed by atoms with Crippen LogP contribution >= 0.6 is 0 Å². The van der Waals surface area contributed by atoms with Gasteiger partial charge in [0.25, 0.3) is 11.6 Å². The minimum absolute atomic E-state index is 0.109. The van der Waals surface area contributed by atoms with Crippen molar-refractivity contribution in [1.29, 1.82) is 0 Å². The van der Waals surface area contributed by atoms with Gasteiger partial charge in [-0.3, -0.25) is 14.9 Å². The molecule has 2 atom stereocenters. The first-order chi connectivity index (χ1) is 15.1. The molecule has 0 N–H and O–H groups in total. The third-order valence-corrected chi connectivity index (χ3v) is 4.72. The molecule has 158 valence electrons.